The van der Waals surface area contributed by atoms with Crippen LogP contribution in [0.25, 0.3) is 0 Å². The highest BCUT2D eigenvalue weighted by Gasteiger charge is 2.45. The molecule has 0 atom stereocenters. The number of aromatic nitrogens is 1. The number of carbonyl (C=O) groups excluding carboxylic acids is 1. The van der Waals surface area contributed by atoms with E-state index in [9.17, 15) is 4.79 Å². The number of esters is 1. The summed E-state index contributed by atoms with van der Waals surface area (Å²) in [5.41, 5.74) is 2.52. The third-order valence-corrected chi connectivity index (χ3v) is 11.1. The van der Waals surface area contributed by atoms with Gasteiger partial charge in [-0.15, -0.1) is 0 Å². The lowest BCUT2D eigenvalue weighted by atomic mass is 10.3. The van der Waals surface area contributed by atoms with Gasteiger partial charge in [0.2, 0.25) is 0 Å². The quantitative estimate of drug-likeness (QED) is 0.563. The van der Waals surface area contributed by atoms with Crippen molar-refractivity contribution in [3.05, 3.63) is 24.0 Å². The van der Waals surface area contributed by atoms with E-state index in [0.717, 1.165) is 0 Å². The minimum Gasteiger partial charge on any atom is -0.462 e. The van der Waals surface area contributed by atoms with Crippen molar-refractivity contribution in [1.29, 1.82) is 0 Å². The predicted molar refractivity (Wildman–Crippen MR) is 86.8 cm³/mol. The highest BCUT2D eigenvalue weighted by molar-refractivity contribution is 6.82. The van der Waals surface area contributed by atoms with Gasteiger partial charge in [-0.05, 0) is 35.8 Å². The first-order valence-corrected chi connectivity index (χ1v) is 9.81. The smallest absolute Gasteiger partial charge is 0.339 e. The molecule has 0 bridgehead atoms. The van der Waals surface area contributed by atoms with Crippen LogP contribution < -0.4 is 0 Å². The van der Waals surface area contributed by atoms with Crippen LogP contribution in [-0.2, 0) is 4.74 Å². The van der Waals surface area contributed by atoms with Crippen molar-refractivity contribution >= 4 is 14.2 Å². The Labute approximate surface area is 124 Å². The molecule has 0 saturated heterocycles. The molecular formula is C16H29NO2Si. The van der Waals surface area contributed by atoms with Crippen LogP contribution in [0.5, 0.6) is 0 Å². The fourth-order valence-electron chi connectivity index (χ4n) is 3.87. The molecule has 4 heteroatoms. The topological polar surface area (TPSA) is 31.2 Å². The monoisotopic (exact) mass is 295 g/mol. The maximum absolute atomic E-state index is 11.9. The highest BCUT2D eigenvalue weighted by atomic mass is 28.3. The zero-order valence-corrected chi connectivity index (χ0v) is 14.9. The number of carbonyl (C=O) groups is 1. The zero-order valence-electron chi connectivity index (χ0n) is 13.9. The lowest BCUT2D eigenvalue weighted by molar-refractivity contribution is 0.0526. The Morgan fingerprint density at radius 1 is 1.15 bits per heavy atom. The molecule has 114 valence electrons. The minimum absolute atomic E-state index is 0.217. The Balaban J connectivity index is 3.26. The van der Waals surface area contributed by atoms with Gasteiger partial charge in [-0.3, -0.25) is 0 Å². The molecule has 0 aliphatic carbocycles. The number of hydrogen-bond acceptors (Lipinski definition) is 2. The highest BCUT2D eigenvalue weighted by Crippen LogP contribution is 2.42. The second kappa shape index (κ2) is 6.61. The molecular weight excluding hydrogens is 266 g/mol. The SMILES string of the molecule is CCOC(=O)c1ccn([Si](C(C)C)(C(C)C)C(C)C)c1. The first kappa shape index (κ1) is 17.0. The van der Waals surface area contributed by atoms with Gasteiger partial charge < -0.3 is 8.97 Å². The average molecular weight is 295 g/mol. The normalized spacial score (nSPS) is 12.5. The summed E-state index contributed by atoms with van der Waals surface area (Å²) in [5, 5.41) is 0. The van der Waals surface area contributed by atoms with Crippen molar-refractivity contribution in [3.8, 4) is 0 Å². The number of hydrogen-bond donors (Lipinski definition) is 0. The van der Waals surface area contributed by atoms with Crippen molar-refractivity contribution < 1.29 is 9.53 Å². The molecule has 3 nitrogen and oxygen atoms in total. The minimum atomic E-state index is -1.74. The molecule has 1 aromatic rings. The Bertz CT molecular complexity index is 427. The van der Waals surface area contributed by atoms with Gasteiger partial charge in [-0.25, -0.2) is 4.79 Å². The second-order valence-electron chi connectivity index (χ2n) is 6.38. The van der Waals surface area contributed by atoms with Gasteiger partial charge in [-0.2, -0.15) is 0 Å². The van der Waals surface area contributed by atoms with E-state index < -0.39 is 8.24 Å². The predicted octanol–water partition coefficient (Wildman–Crippen LogP) is 4.69. The Morgan fingerprint density at radius 2 is 1.65 bits per heavy atom. The largest absolute Gasteiger partial charge is 0.462 e. The van der Waals surface area contributed by atoms with Crippen LogP contribution in [-0.4, -0.2) is 25.0 Å². The van der Waals surface area contributed by atoms with Crippen LogP contribution >= 0.6 is 0 Å². The molecule has 0 aromatic carbocycles. The Kier molecular flexibility index (Phi) is 5.63. The number of rotatable bonds is 6. The summed E-state index contributed by atoms with van der Waals surface area (Å²) in [6.45, 7) is 16.2. The van der Waals surface area contributed by atoms with Crippen molar-refractivity contribution in [3.63, 3.8) is 0 Å². The molecule has 0 unspecified atom stereocenters. The van der Waals surface area contributed by atoms with Gasteiger partial charge in [0.25, 0.3) is 0 Å². The molecule has 0 spiro atoms. The van der Waals surface area contributed by atoms with Gasteiger partial charge in [0.15, 0.2) is 8.24 Å². The van der Waals surface area contributed by atoms with Gasteiger partial charge >= 0.3 is 5.97 Å². The zero-order chi connectivity index (χ0) is 15.5. The summed E-state index contributed by atoms with van der Waals surface area (Å²) >= 11 is 0. The second-order valence-corrected chi connectivity index (χ2v) is 12.1. The summed E-state index contributed by atoms with van der Waals surface area (Å²) in [7, 11) is -1.74. The van der Waals surface area contributed by atoms with E-state index in [1.165, 1.54) is 0 Å². The molecule has 0 fully saturated rings. The van der Waals surface area contributed by atoms with Crippen LogP contribution in [0.1, 0.15) is 58.8 Å². The van der Waals surface area contributed by atoms with E-state index in [1.54, 1.807) is 0 Å². The fraction of sp³-hybridized carbons (Fsp3) is 0.688. The maximum Gasteiger partial charge on any atom is 0.339 e. The Hall–Kier alpha value is -1.03. The Morgan fingerprint density at radius 3 is 2.05 bits per heavy atom. The molecule has 1 rings (SSSR count). The van der Waals surface area contributed by atoms with E-state index >= 15 is 0 Å². The lowest BCUT2D eigenvalue weighted by Crippen LogP contribution is -2.51. The number of nitrogens with zero attached hydrogens (tertiary/aromatic N) is 1. The third kappa shape index (κ3) is 2.85. The van der Waals surface area contributed by atoms with E-state index in [2.05, 4.69) is 52.0 Å². The molecule has 1 heterocycles. The summed E-state index contributed by atoms with van der Waals surface area (Å²) < 4.78 is 7.46. The van der Waals surface area contributed by atoms with Gasteiger partial charge in [0.05, 0.1) is 12.2 Å². The van der Waals surface area contributed by atoms with E-state index in [-0.39, 0.29) is 5.97 Å². The summed E-state index contributed by atoms with van der Waals surface area (Å²) in [6, 6.07) is 1.90. The third-order valence-electron chi connectivity index (χ3n) is 4.43. The van der Waals surface area contributed by atoms with Crippen LogP contribution in [0.4, 0.5) is 0 Å². The van der Waals surface area contributed by atoms with E-state index in [4.69, 9.17) is 4.74 Å². The van der Waals surface area contributed by atoms with Crippen molar-refractivity contribution in [2.24, 2.45) is 0 Å². The molecule has 0 radical (unpaired) electrons. The van der Waals surface area contributed by atoms with Crippen LogP contribution in [0.2, 0.25) is 16.6 Å². The van der Waals surface area contributed by atoms with Crippen molar-refractivity contribution in [1.82, 2.24) is 4.23 Å². The van der Waals surface area contributed by atoms with Crippen LogP contribution in [0.15, 0.2) is 18.5 Å². The molecule has 0 saturated carbocycles. The van der Waals surface area contributed by atoms with Crippen molar-refractivity contribution in [2.45, 2.75) is 65.1 Å². The molecule has 1 aromatic heterocycles. The number of ether oxygens (including phenoxy) is 1. The van der Waals surface area contributed by atoms with Gasteiger partial charge in [0.1, 0.15) is 0 Å². The first-order valence-electron chi connectivity index (χ1n) is 7.63. The maximum atomic E-state index is 11.9. The van der Waals surface area contributed by atoms with Crippen molar-refractivity contribution in [2.75, 3.05) is 6.61 Å². The molecule has 20 heavy (non-hydrogen) atoms. The lowest BCUT2D eigenvalue weighted by Gasteiger charge is -2.44. The van der Waals surface area contributed by atoms with Gasteiger partial charge in [0, 0.05) is 6.20 Å². The molecule has 0 amide bonds. The summed E-state index contributed by atoms with van der Waals surface area (Å²) in [4.78, 5) is 11.9. The average Bonchev–Trinajstić information content (AvgIpc) is 2.78. The van der Waals surface area contributed by atoms with Crippen LogP contribution in [0.3, 0.4) is 0 Å². The summed E-state index contributed by atoms with van der Waals surface area (Å²) in [5.74, 6) is -0.217. The molecule has 0 aliphatic heterocycles. The summed E-state index contributed by atoms with van der Waals surface area (Å²) in [6.07, 6.45) is 4.09. The first-order chi connectivity index (χ1) is 9.28. The standard InChI is InChI=1S/C16H29NO2Si/c1-8-19-16(18)15-9-10-17(11-15)20(12(2)3,13(4)5)14(6)7/h9-14H,8H2,1-7H3. The molecule has 0 aliphatic rings. The fourth-order valence-corrected chi connectivity index (χ4v) is 10.4. The van der Waals surface area contributed by atoms with E-state index in [1.807, 2.05) is 19.2 Å². The molecule has 0 N–H and O–H groups in total. The van der Waals surface area contributed by atoms with E-state index in [0.29, 0.717) is 28.8 Å². The van der Waals surface area contributed by atoms with Crippen LogP contribution in [0, 0.1) is 0 Å². The van der Waals surface area contributed by atoms with Gasteiger partial charge in [-0.1, -0.05) is 41.5 Å².